The summed E-state index contributed by atoms with van der Waals surface area (Å²) in [5.74, 6) is 0. The molecule has 1 unspecified atom stereocenters. The molecule has 1 aromatic rings. The van der Waals surface area contributed by atoms with Crippen molar-refractivity contribution in [2.75, 3.05) is 24.5 Å². The van der Waals surface area contributed by atoms with Crippen LogP contribution in [0.5, 0.6) is 0 Å². The number of nitrogens with one attached hydrogen (secondary N) is 1. The molecular formula is C16H24N2. The molecule has 0 radical (unpaired) electrons. The van der Waals surface area contributed by atoms with Crippen LogP contribution in [0.2, 0.25) is 0 Å². The van der Waals surface area contributed by atoms with Gasteiger partial charge in [-0.15, -0.1) is 0 Å². The van der Waals surface area contributed by atoms with Crippen LogP contribution in [-0.2, 0) is 5.54 Å². The zero-order valence-electron chi connectivity index (χ0n) is 11.4. The standard InChI is InChI=1S/C16H24N2/c1-16(10-7-11-17-16)14-8-3-4-9-15(14)18-12-5-2-6-13-18/h3-4,8-9,17H,2,5-7,10-13H2,1H3. The molecule has 2 heterocycles. The van der Waals surface area contributed by atoms with E-state index in [1.807, 2.05) is 0 Å². The summed E-state index contributed by atoms with van der Waals surface area (Å²) < 4.78 is 0. The second kappa shape index (κ2) is 4.93. The highest BCUT2D eigenvalue weighted by Gasteiger charge is 2.33. The van der Waals surface area contributed by atoms with Crippen molar-refractivity contribution >= 4 is 5.69 Å². The van der Waals surface area contributed by atoms with Gasteiger partial charge in [-0.2, -0.15) is 0 Å². The van der Waals surface area contributed by atoms with Crippen molar-refractivity contribution in [3.8, 4) is 0 Å². The van der Waals surface area contributed by atoms with Gasteiger partial charge in [0, 0.05) is 24.3 Å². The van der Waals surface area contributed by atoms with Gasteiger partial charge in [0.05, 0.1) is 0 Å². The highest BCUT2D eigenvalue weighted by Crippen LogP contribution is 2.37. The van der Waals surface area contributed by atoms with E-state index in [9.17, 15) is 0 Å². The molecule has 1 atom stereocenters. The first-order valence-corrected chi connectivity index (χ1v) is 7.39. The number of rotatable bonds is 2. The predicted octanol–water partition coefficient (Wildman–Crippen LogP) is 3.28. The minimum atomic E-state index is 0.189. The largest absolute Gasteiger partial charge is 0.371 e. The van der Waals surface area contributed by atoms with Gasteiger partial charge in [-0.25, -0.2) is 0 Å². The Morgan fingerprint density at radius 3 is 2.56 bits per heavy atom. The maximum atomic E-state index is 3.70. The molecule has 2 aliphatic rings. The maximum absolute atomic E-state index is 3.70. The van der Waals surface area contributed by atoms with E-state index in [-0.39, 0.29) is 5.54 Å². The van der Waals surface area contributed by atoms with Crippen molar-refractivity contribution in [1.82, 2.24) is 5.32 Å². The first-order chi connectivity index (χ1) is 8.80. The summed E-state index contributed by atoms with van der Waals surface area (Å²) in [7, 11) is 0. The number of piperidine rings is 1. The van der Waals surface area contributed by atoms with E-state index in [1.54, 1.807) is 0 Å². The molecule has 0 aromatic heterocycles. The quantitative estimate of drug-likeness (QED) is 0.859. The molecule has 0 bridgehead atoms. The van der Waals surface area contributed by atoms with E-state index in [0.717, 1.165) is 6.54 Å². The zero-order chi connectivity index (χ0) is 12.4. The Morgan fingerprint density at radius 2 is 1.83 bits per heavy atom. The van der Waals surface area contributed by atoms with Crippen LogP contribution in [0.25, 0.3) is 0 Å². The lowest BCUT2D eigenvalue weighted by atomic mass is 9.88. The summed E-state index contributed by atoms with van der Waals surface area (Å²) in [5, 5.41) is 3.70. The third kappa shape index (κ3) is 2.14. The van der Waals surface area contributed by atoms with Gasteiger partial charge in [-0.05, 0) is 57.2 Å². The average molecular weight is 244 g/mol. The fourth-order valence-electron chi connectivity index (χ4n) is 3.48. The first-order valence-electron chi connectivity index (χ1n) is 7.39. The highest BCUT2D eigenvalue weighted by atomic mass is 15.1. The molecule has 0 saturated carbocycles. The number of nitrogens with zero attached hydrogens (tertiary/aromatic N) is 1. The molecule has 98 valence electrons. The van der Waals surface area contributed by atoms with Crippen molar-refractivity contribution in [3.05, 3.63) is 29.8 Å². The van der Waals surface area contributed by atoms with Gasteiger partial charge in [0.1, 0.15) is 0 Å². The lowest BCUT2D eigenvalue weighted by Crippen LogP contribution is -2.37. The van der Waals surface area contributed by atoms with Gasteiger partial charge in [0.2, 0.25) is 0 Å². The Labute approximate surface area is 110 Å². The average Bonchev–Trinajstić information content (AvgIpc) is 2.88. The van der Waals surface area contributed by atoms with Crippen LogP contribution < -0.4 is 10.2 Å². The summed E-state index contributed by atoms with van der Waals surface area (Å²) in [4.78, 5) is 2.59. The van der Waals surface area contributed by atoms with Crippen LogP contribution in [0.1, 0.15) is 44.6 Å². The van der Waals surface area contributed by atoms with E-state index < -0.39 is 0 Å². The molecule has 2 fully saturated rings. The fraction of sp³-hybridized carbons (Fsp3) is 0.625. The molecule has 0 amide bonds. The molecule has 1 aromatic carbocycles. The van der Waals surface area contributed by atoms with E-state index >= 15 is 0 Å². The smallest absolute Gasteiger partial charge is 0.0427 e. The van der Waals surface area contributed by atoms with Crippen molar-refractivity contribution in [3.63, 3.8) is 0 Å². The summed E-state index contributed by atoms with van der Waals surface area (Å²) in [6.07, 6.45) is 6.65. The van der Waals surface area contributed by atoms with Crippen LogP contribution >= 0.6 is 0 Å². The first kappa shape index (κ1) is 12.0. The van der Waals surface area contributed by atoms with Gasteiger partial charge >= 0.3 is 0 Å². The van der Waals surface area contributed by atoms with Crippen LogP contribution in [0, 0.1) is 0 Å². The summed E-state index contributed by atoms with van der Waals surface area (Å²) in [6, 6.07) is 9.01. The summed E-state index contributed by atoms with van der Waals surface area (Å²) in [5.41, 5.74) is 3.16. The van der Waals surface area contributed by atoms with Crippen LogP contribution in [0.15, 0.2) is 24.3 Å². The topological polar surface area (TPSA) is 15.3 Å². The second-order valence-electron chi connectivity index (χ2n) is 5.93. The van der Waals surface area contributed by atoms with Crippen LogP contribution in [0.4, 0.5) is 5.69 Å². The highest BCUT2D eigenvalue weighted by molar-refractivity contribution is 5.57. The van der Waals surface area contributed by atoms with Crippen LogP contribution in [0.3, 0.4) is 0 Å². The lowest BCUT2D eigenvalue weighted by Gasteiger charge is -2.35. The number of para-hydroxylation sites is 1. The Kier molecular flexibility index (Phi) is 3.29. The minimum Gasteiger partial charge on any atom is -0.371 e. The molecule has 18 heavy (non-hydrogen) atoms. The molecular weight excluding hydrogens is 220 g/mol. The predicted molar refractivity (Wildman–Crippen MR) is 77.1 cm³/mol. The van der Waals surface area contributed by atoms with Crippen molar-refractivity contribution < 1.29 is 0 Å². The van der Waals surface area contributed by atoms with Crippen molar-refractivity contribution in [2.45, 2.75) is 44.6 Å². The molecule has 2 aliphatic heterocycles. The van der Waals surface area contributed by atoms with Crippen LogP contribution in [-0.4, -0.2) is 19.6 Å². The summed E-state index contributed by atoms with van der Waals surface area (Å²) in [6.45, 7) is 5.98. The zero-order valence-corrected chi connectivity index (χ0v) is 11.4. The monoisotopic (exact) mass is 244 g/mol. The van der Waals surface area contributed by atoms with Gasteiger partial charge in [0.25, 0.3) is 0 Å². The number of hydrogen-bond donors (Lipinski definition) is 1. The Bertz CT molecular complexity index is 401. The van der Waals surface area contributed by atoms with Gasteiger partial charge in [-0.1, -0.05) is 18.2 Å². The minimum absolute atomic E-state index is 0.189. The van der Waals surface area contributed by atoms with E-state index in [0.29, 0.717) is 0 Å². The molecule has 2 saturated heterocycles. The third-order valence-electron chi connectivity index (χ3n) is 4.56. The Hall–Kier alpha value is -1.02. The lowest BCUT2D eigenvalue weighted by molar-refractivity contribution is 0.432. The Balaban J connectivity index is 1.93. The maximum Gasteiger partial charge on any atom is 0.0427 e. The molecule has 2 heteroatoms. The Morgan fingerprint density at radius 1 is 1.06 bits per heavy atom. The third-order valence-corrected chi connectivity index (χ3v) is 4.56. The summed E-state index contributed by atoms with van der Waals surface area (Å²) >= 11 is 0. The molecule has 3 rings (SSSR count). The number of hydrogen-bond acceptors (Lipinski definition) is 2. The number of anilines is 1. The molecule has 0 spiro atoms. The van der Waals surface area contributed by atoms with Gasteiger partial charge in [-0.3, -0.25) is 0 Å². The second-order valence-corrected chi connectivity index (χ2v) is 5.93. The van der Waals surface area contributed by atoms with Crippen molar-refractivity contribution in [2.24, 2.45) is 0 Å². The van der Waals surface area contributed by atoms with E-state index in [2.05, 4.69) is 41.4 Å². The van der Waals surface area contributed by atoms with Gasteiger partial charge in [0.15, 0.2) is 0 Å². The number of benzene rings is 1. The van der Waals surface area contributed by atoms with Gasteiger partial charge < -0.3 is 10.2 Å². The van der Waals surface area contributed by atoms with E-state index in [1.165, 1.54) is 56.4 Å². The SMILES string of the molecule is CC1(c2ccccc2N2CCCCC2)CCCN1. The molecule has 1 N–H and O–H groups in total. The fourth-order valence-corrected chi connectivity index (χ4v) is 3.48. The molecule has 2 nitrogen and oxygen atoms in total. The molecule has 0 aliphatic carbocycles. The van der Waals surface area contributed by atoms with Crippen molar-refractivity contribution in [1.29, 1.82) is 0 Å². The normalized spacial score (nSPS) is 28.6. The van der Waals surface area contributed by atoms with E-state index in [4.69, 9.17) is 0 Å².